The molecule has 0 aromatic heterocycles. The number of hydrogen-bond acceptors (Lipinski definition) is 5. The van der Waals surface area contributed by atoms with Gasteiger partial charge in [-0.05, 0) is 49.8 Å². The highest BCUT2D eigenvalue weighted by atomic mass is 35.5. The highest BCUT2D eigenvalue weighted by molar-refractivity contribution is 6.29. The number of hydrogen-bond donors (Lipinski definition) is 3. The van der Waals surface area contributed by atoms with E-state index in [9.17, 15) is 24.9 Å². The molecule has 0 aromatic carbocycles. The van der Waals surface area contributed by atoms with Crippen LogP contribution < -0.4 is 0 Å². The number of halogens is 3. The fourth-order valence-electron chi connectivity index (χ4n) is 6.82. The summed E-state index contributed by atoms with van der Waals surface area (Å²) in [6.45, 7) is 3.00. The minimum Gasteiger partial charge on any atom is -0.390 e. The van der Waals surface area contributed by atoms with Crippen LogP contribution in [0.4, 0.5) is 8.78 Å². The van der Waals surface area contributed by atoms with Crippen LogP contribution in [0, 0.1) is 22.7 Å². The Bertz CT molecular complexity index is 845. The van der Waals surface area contributed by atoms with E-state index in [4.69, 9.17) is 11.6 Å². The van der Waals surface area contributed by atoms with Gasteiger partial charge >= 0.3 is 0 Å². The van der Waals surface area contributed by atoms with Gasteiger partial charge < -0.3 is 15.3 Å². The first-order valence-corrected chi connectivity index (χ1v) is 10.4. The van der Waals surface area contributed by atoms with E-state index in [0.29, 0.717) is 0 Å². The Labute approximate surface area is 172 Å². The van der Waals surface area contributed by atoms with Crippen molar-refractivity contribution in [3.8, 4) is 0 Å². The normalized spacial score (nSPS) is 53.7. The summed E-state index contributed by atoms with van der Waals surface area (Å²) in [7, 11) is 0. The lowest BCUT2D eigenvalue weighted by atomic mass is 9.44. The molecule has 3 fully saturated rings. The maximum Gasteiger partial charge on any atom is 0.182 e. The molecule has 5 nitrogen and oxygen atoms in total. The van der Waals surface area contributed by atoms with Crippen LogP contribution in [-0.2, 0) is 9.59 Å². The maximum absolute atomic E-state index is 16.8. The number of Topliss-reactive ketones (excluding diaryl/α,β-unsaturated/α-hetero) is 1. The molecule has 8 heteroatoms. The summed E-state index contributed by atoms with van der Waals surface area (Å²) in [5, 5.41) is 32.8. The Morgan fingerprint density at radius 1 is 1.24 bits per heavy atom. The Balaban J connectivity index is 1.87. The number of fused-ring (bicyclic) bond motifs is 5. The number of rotatable bonds is 2. The van der Waals surface area contributed by atoms with Gasteiger partial charge in [-0.3, -0.25) is 9.59 Å². The predicted octanol–water partition coefficient (Wildman–Crippen LogP) is 1.81. The molecule has 9 atom stereocenters. The first-order valence-electron chi connectivity index (χ1n) is 9.84. The zero-order valence-electron chi connectivity index (χ0n) is 16.2. The SMILES string of the molecule is C[C@]12C=CC(=O)C=C1[C@@H](F)C[C@H]1[C@@H]3C[C@@H](O)[C@](O)(C(=O)CCl)[C@@]3(C)C[C@H](O)C12F. The first kappa shape index (κ1) is 21.1. The molecule has 160 valence electrons. The van der Waals surface area contributed by atoms with Gasteiger partial charge in [0.05, 0.1) is 18.1 Å². The zero-order chi connectivity index (χ0) is 21.6. The molecule has 0 spiro atoms. The standard InChI is InChI=1S/C21H25ClF2O5/c1-18-4-3-10(25)5-13(18)14(23)6-12-11-7-15(26)21(29,17(28)9-22)19(11,2)8-16(27)20(12,18)24/h3-5,11-12,14-16,26-27,29H,6-9H2,1-2H3/t11-,12-,14-,15+,16-,18-,19-,20?,21-/m0/s1. The van der Waals surface area contributed by atoms with Crippen molar-refractivity contribution in [3.63, 3.8) is 0 Å². The highest BCUT2D eigenvalue weighted by Gasteiger charge is 2.77. The van der Waals surface area contributed by atoms with Gasteiger partial charge in [-0.25, -0.2) is 8.78 Å². The summed E-state index contributed by atoms with van der Waals surface area (Å²) in [5.74, 6) is -3.60. The Morgan fingerprint density at radius 2 is 1.90 bits per heavy atom. The van der Waals surface area contributed by atoms with Crippen LogP contribution in [0.25, 0.3) is 0 Å². The van der Waals surface area contributed by atoms with Crippen molar-refractivity contribution in [2.75, 3.05) is 5.88 Å². The van der Waals surface area contributed by atoms with Gasteiger partial charge in [0, 0.05) is 16.7 Å². The van der Waals surface area contributed by atoms with Crippen molar-refractivity contribution in [1.82, 2.24) is 0 Å². The molecule has 1 unspecified atom stereocenters. The fourth-order valence-corrected chi connectivity index (χ4v) is 7.03. The van der Waals surface area contributed by atoms with Gasteiger partial charge in [0.15, 0.2) is 22.8 Å². The first-order chi connectivity index (χ1) is 13.4. The second kappa shape index (κ2) is 6.19. The second-order valence-electron chi connectivity index (χ2n) is 9.43. The minimum absolute atomic E-state index is 0.00274. The zero-order valence-corrected chi connectivity index (χ0v) is 17.0. The van der Waals surface area contributed by atoms with Gasteiger partial charge in [0.25, 0.3) is 0 Å². The molecule has 0 amide bonds. The maximum atomic E-state index is 16.8. The molecular weight excluding hydrogens is 406 g/mol. The number of aliphatic hydroxyl groups excluding tert-OH is 2. The van der Waals surface area contributed by atoms with E-state index in [-0.39, 0.29) is 24.8 Å². The van der Waals surface area contributed by atoms with E-state index < -0.39 is 69.8 Å². The van der Waals surface area contributed by atoms with Crippen LogP contribution in [-0.4, -0.2) is 62.4 Å². The Morgan fingerprint density at radius 3 is 2.52 bits per heavy atom. The molecule has 0 saturated heterocycles. The van der Waals surface area contributed by atoms with Crippen molar-refractivity contribution >= 4 is 23.2 Å². The molecule has 0 aliphatic heterocycles. The van der Waals surface area contributed by atoms with Crippen LogP contribution in [0.2, 0.25) is 0 Å². The highest BCUT2D eigenvalue weighted by Crippen LogP contribution is 2.70. The molecule has 29 heavy (non-hydrogen) atoms. The molecule has 0 radical (unpaired) electrons. The topological polar surface area (TPSA) is 94.8 Å². The van der Waals surface area contributed by atoms with Crippen LogP contribution in [0.5, 0.6) is 0 Å². The van der Waals surface area contributed by atoms with E-state index in [1.807, 2.05) is 0 Å². The molecule has 0 aromatic rings. The smallest absolute Gasteiger partial charge is 0.182 e. The largest absolute Gasteiger partial charge is 0.390 e. The van der Waals surface area contributed by atoms with Crippen molar-refractivity contribution in [2.24, 2.45) is 22.7 Å². The molecule has 3 N–H and O–H groups in total. The molecular formula is C21H25ClF2O5. The minimum atomic E-state index is -2.32. The van der Waals surface area contributed by atoms with Crippen LogP contribution in [0.15, 0.2) is 23.8 Å². The van der Waals surface area contributed by atoms with Crippen molar-refractivity contribution in [2.45, 2.75) is 62.8 Å². The number of aliphatic hydroxyl groups is 3. The third kappa shape index (κ3) is 2.25. The Hall–Kier alpha value is -1.15. The molecule has 3 saturated carbocycles. The lowest BCUT2D eigenvalue weighted by molar-refractivity contribution is -0.224. The lowest BCUT2D eigenvalue weighted by Crippen LogP contribution is -2.70. The third-order valence-electron chi connectivity index (χ3n) is 8.40. The number of carbonyl (C=O) groups excluding carboxylic acids is 2. The van der Waals surface area contributed by atoms with E-state index in [1.165, 1.54) is 26.0 Å². The molecule has 4 rings (SSSR count). The molecule has 4 aliphatic carbocycles. The summed E-state index contributed by atoms with van der Waals surface area (Å²) >= 11 is 5.67. The van der Waals surface area contributed by atoms with Crippen LogP contribution >= 0.6 is 11.6 Å². The third-order valence-corrected chi connectivity index (χ3v) is 8.64. The van der Waals surface area contributed by atoms with Crippen LogP contribution in [0.1, 0.15) is 33.1 Å². The number of ketones is 2. The number of carbonyl (C=O) groups is 2. The lowest BCUT2D eigenvalue weighted by Gasteiger charge is -2.62. The summed E-state index contributed by atoms with van der Waals surface area (Å²) in [6, 6.07) is 0. The monoisotopic (exact) mass is 430 g/mol. The quantitative estimate of drug-likeness (QED) is 0.581. The van der Waals surface area contributed by atoms with E-state index in [1.54, 1.807) is 0 Å². The second-order valence-corrected chi connectivity index (χ2v) is 9.70. The van der Waals surface area contributed by atoms with Crippen LogP contribution in [0.3, 0.4) is 0 Å². The molecule has 0 heterocycles. The van der Waals surface area contributed by atoms with E-state index in [0.717, 1.165) is 6.08 Å². The van der Waals surface area contributed by atoms with Crippen molar-refractivity contribution < 1.29 is 33.7 Å². The van der Waals surface area contributed by atoms with Crippen molar-refractivity contribution in [3.05, 3.63) is 23.8 Å². The van der Waals surface area contributed by atoms with Gasteiger partial charge in [0.1, 0.15) is 6.17 Å². The number of alkyl halides is 3. The van der Waals surface area contributed by atoms with E-state index in [2.05, 4.69) is 0 Å². The van der Waals surface area contributed by atoms with Gasteiger partial charge in [0.2, 0.25) is 0 Å². The molecule has 0 bridgehead atoms. The molecule has 4 aliphatic rings. The average Bonchev–Trinajstić information content (AvgIpc) is 2.86. The van der Waals surface area contributed by atoms with E-state index >= 15 is 8.78 Å². The fraction of sp³-hybridized carbons (Fsp3) is 0.714. The summed E-state index contributed by atoms with van der Waals surface area (Å²) in [5.41, 5.74) is -7.49. The summed E-state index contributed by atoms with van der Waals surface area (Å²) < 4.78 is 32.0. The number of allylic oxidation sites excluding steroid dienone is 4. The van der Waals surface area contributed by atoms with Gasteiger partial charge in [-0.2, -0.15) is 0 Å². The Kier molecular flexibility index (Phi) is 4.50. The average molecular weight is 431 g/mol. The van der Waals surface area contributed by atoms with Gasteiger partial charge in [-0.1, -0.05) is 13.0 Å². The van der Waals surface area contributed by atoms with Crippen molar-refractivity contribution in [1.29, 1.82) is 0 Å². The summed E-state index contributed by atoms with van der Waals surface area (Å²) in [6.07, 6.45) is -1.89. The summed E-state index contributed by atoms with van der Waals surface area (Å²) in [4.78, 5) is 24.3. The predicted molar refractivity (Wildman–Crippen MR) is 101 cm³/mol. The van der Waals surface area contributed by atoms with Gasteiger partial charge in [-0.15, -0.1) is 11.6 Å².